The SMILES string of the molecule is O=C(NCc1ccccc1F)c1ccc(C(=O)Nc2ccc3c(c2)OCO3)cc1. The lowest BCUT2D eigenvalue weighted by Gasteiger charge is -2.08. The van der Waals surface area contributed by atoms with Crippen molar-refractivity contribution in [3.8, 4) is 11.5 Å². The van der Waals surface area contributed by atoms with Crippen LogP contribution in [0.5, 0.6) is 11.5 Å². The van der Waals surface area contributed by atoms with Gasteiger partial charge in [0.25, 0.3) is 11.8 Å². The van der Waals surface area contributed by atoms with E-state index in [0.29, 0.717) is 33.9 Å². The summed E-state index contributed by atoms with van der Waals surface area (Å²) in [7, 11) is 0. The highest BCUT2D eigenvalue weighted by atomic mass is 19.1. The maximum Gasteiger partial charge on any atom is 0.255 e. The van der Waals surface area contributed by atoms with Gasteiger partial charge in [0.05, 0.1) is 0 Å². The second-order valence-corrected chi connectivity index (χ2v) is 6.37. The fourth-order valence-electron chi connectivity index (χ4n) is 2.87. The number of fused-ring (bicyclic) bond motifs is 1. The van der Waals surface area contributed by atoms with Gasteiger partial charge in [-0.25, -0.2) is 4.39 Å². The van der Waals surface area contributed by atoms with Crippen LogP contribution in [0.4, 0.5) is 10.1 Å². The Morgan fingerprint density at radius 3 is 2.31 bits per heavy atom. The number of amides is 2. The lowest BCUT2D eigenvalue weighted by atomic mass is 10.1. The molecule has 0 aromatic heterocycles. The summed E-state index contributed by atoms with van der Waals surface area (Å²) in [5.74, 6) is 0.167. The second-order valence-electron chi connectivity index (χ2n) is 6.37. The number of carbonyl (C=O) groups excluding carboxylic acids is 2. The Bertz CT molecular complexity index is 1070. The van der Waals surface area contributed by atoms with Crippen LogP contribution in [0.25, 0.3) is 0 Å². The molecule has 7 heteroatoms. The van der Waals surface area contributed by atoms with Crippen LogP contribution in [0.15, 0.2) is 66.7 Å². The van der Waals surface area contributed by atoms with Gasteiger partial charge < -0.3 is 20.1 Å². The first-order valence-electron chi connectivity index (χ1n) is 8.93. The predicted octanol–water partition coefficient (Wildman–Crippen LogP) is 3.74. The summed E-state index contributed by atoms with van der Waals surface area (Å²) in [6.07, 6.45) is 0. The fourth-order valence-corrected chi connectivity index (χ4v) is 2.87. The first-order valence-corrected chi connectivity index (χ1v) is 8.93. The minimum absolute atomic E-state index is 0.0812. The van der Waals surface area contributed by atoms with Crippen molar-refractivity contribution in [3.63, 3.8) is 0 Å². The standard InChI is InChI=1S/C22H17FN2O4/c23-18-4-2-1-3-16(18)12-24-21(26)14-5-7-15(8-6-14)22(27)25-17-9-10-19-20(11-17)29-13-28-19/h1-11H,12-13H2,(H,24,26)(H,25,27). The molecule has 0 spiro atoms. The molecule has 0 saturated heterocycles. The summed E-state index contributed by atoms with van der Waals surface area (Å²) in [6, 6.07) is 17.6. The molecule has 0 radical (unpaired) electrons. The van der Waals surface area contributed by atoms with Crippen LogP contribution in [0.3, 0.4) is 0 Å². The van der Waals surface area contributed by atoms with Crippen LogP contribution in [-0.2, 0) is 6.54 Å². The number of benzene rings is 3. The summed E-state index contributed by atoms with van der Waals surface area (Å²) >= 11 is 0. The highest BCUT2D eigenvalue weighted by molar-refractivity contribution is 6.05. The van der Waals surface area contributed by atoms with Crippen molar-refractivity contribution < 1.29 is 23.5 Å². The Kier molecular flexibility index (Phi) is 5.11. The van der Waals surface area contributed by atoms with Gasteiger partial charge in [0.15, 0.2) is 11.5 Å². The molecule has 0 bridgehead atoms. The molecule has 3 aromatic rings. The van der Waals surface area contributed by atoms with Gasteiger partial charge in [-0.05, 0) is 42.5 Å². The van der Waals surface area contributed by atoms with Crippen LogP contribution < -0.4 is 20.1 Å². The molecule has 0 saturated carbocycles. The molecule has 6 nitrogen and oxygen atoms in total. The van der Waals surface area contributed by atoms with Gasteiger partial charge in [0, 0.05) is 35.0 Å². The van der Waals surface area contributed by atoms with Crippen molar-refractivity contribution in [1.82, 2.24) is 5.32 Å². The Labute approximate surface area is 166 Å². The van der Waals surface area contributed by atoms with Crippen molar-refractivity contribution in [3.05, 3.63) is 89.2 Å². The van der Waals surface area contributed by atoms with E-state index in [9.17, 15) is 14.0 Å². The highest BCUT2D eigenvalue weighted by Crippen LogP contribution is 2.34. The molecule has 2 amide bonds. The van der Waals surface area contributed by atoms with E-state index in [1.807, 2.05) is 0 Å². The molecule has 3 aromatic carbocycles. The topological polar surface area (TPSA) is 76.7 Å². The molecule has 0 aliphatic carbocycles. The number of halogens is 1. The highest BCUT2D eigenvalue weighted by Gasteiger charge is 2.15. The van der Waals surface area contributed by atoms with Crippen molar-refractivity contribution in [2.75, 3.05) is 12.1 Å². The first kappa shape index (κ1) is 18.5. The van der Waals surface area contributed by atoms with Crippen molar-refractivity contribution in [1.29, 1.82) is 0 Å². The number of rotatable bonds is 5. The molecule has 1 aliphatic rings. The third kappa shape index (κ3) is 4.19. The third-order valence-electron chi connectivity index (χ3n) is 4.44. The molecule has 0 atom stereocenters. The monoisotopic (exact) mass is 392 g/mol. The quantitative estimate of drug-likeness (QED) is 0.694. The summed E-state index contributed by atoms with van der Waals surface area (Å²) in [6.45, 7) is 0.241. The number of carbonyl (C=O) groups is 2. The summed E-state index contributed by atoms with van der Waals surface area (Å²) in [5.41, 5.74) is 1.75. The average molecular weight is 392 g/mol. The zero-order valence-electron chi connectivity index (χ0n) is 15.3. The molecular weight excluding hydrogens is 375 g/mol. The van der Waals surface area contributed by atoms with Crippen LogP contribution in [-0.4, -0.2) is 18.6 Å². The molecule has 29 heavy (non-hydrogen) atoms. The Morgan fingerprint density at radius 2 is 1.55 bits per heavy atom. The maximum absolute atomic E-state index is 13.6. The molecule has 0 unspecified atom stereocenters. The number of hydrogen-bond acceptors (Lipinski definition) is 4. The third-order valence-corrected chi connectivity index (χ3v) is 4.44. The predicted molar refractivity (Wildman–Crippen MR) is 105 cm³/mol. The first-order chi connectivity index (χ1) is 14.1. The number of ether oxygens (including phenoxy) is 2. The Morgan fingerprint density at radius 1 is 0.862 bits per heavy atom. The van der Waals surface area contributed by atoms with E-state index >= 15 is 0 Å². The molecule has 1 heterocycles. The summed E-state index contributed by atoms with van der Waals surface area (Å²) in [5, 5.41) is 5.44. The van der Waals surface area contributed by atoms with Crippen molar-refractivity contribution in [2.24, 2.45) is 0 Å². The largest absolute Gasteiger partial charge is 0.454 e. The zero-order valence-corrected chi connectivity index (χ0v) is 15.3. The van der Waals surface area contributed by atoms with E-state index < -0.39 is 0 Å². The summed E-state index contributed by atoms with van der Waals surface area (Å²) < 4.78 is 24.2. The molecule has 1 aliphatic heterocycles. The smallest absolute Gasteiger partial charge is 0.255 e. The maximum atomic E-state index is 13.6. The van der Waals surface area contributed by atoms with Gasteiger partial charge in [-0.3, -0.25) is 9.59 Å². The van der Waals surface area contributed by atoms with Crippen molar-refractivity contribution in [2.45, 2.75) is 6.54 Å². The van der Waals surface area contributed by atoms with Crippen LogP contribution in [0, 0.1) is 5.82 Å². The van der Waals surface area contributed by atoms with Gasteiger partial charge in [-0.15, -0.1) is 0 Å². The fraction of sp³-hybridized carbons (Fsp3) is 0.0909. The van der Waals surface area contributed by atoms with Gasteiger partial charge in [0.1, 0.15) is 5.82 Å². The Hall–Kier alpha value is -3.87. The molecule has 2 N–H and O–H groups in total. The van der Waals surface area contributed by atoms with Crippen molar-refractivity contribution >= 4 is 17.5 Å². The van der Waals surface area contributed by atoms with Crippen LogP contribution >= 0.6 is 0 Å². The second kappa shape index (κ2) is 8.02. The van der Waals surface area contributed by atoms with Gasteiger partial charge in [0.2, 0.25) is 6.79 Å². The lowest BCUT2D eigenvalue weighted by molar-refractivity contribution is 0.0948. The van der Waals surface area contributed by atoms with Crippen LogP contribution in [0.1, 0.15) is 26.3 Å². The van der Waals surface area contributed by atoms with Crippen LogP contribution in [0.2, 0.25) is 0 Å². The molecule has 0 fully saturated rings. The van der Waals surface area contributed by atoms with Gasteiger partial charge >= 0.3 is 0 Å². The minimum atomic E-state index is -0.372. The number of hydrogen-bond donors (Lipinski definition) is 2. The number of anilines is 1. The minimum Gasteiger partial charge on any atom is -0.454 e. The van der Waals surface area contributed by atoms with E-state index in [4.69, 9.17) is 9.47 Å². The average Bonchev–Trinajstić information content (AvgIpc) is 3.21. The van der Waals surface area contributed by atoms with E-state index in [1.165, 1.54) is 6.07 Å². The van der Waals surface area contributed by atoms with E-state index in [1.54, 1.807) is 60.7 Å². The lowest BCUT2D eigenvalue weighted by Crippen LogP contribution is -2.23. The zero-order chi connectivity index (χ0) is 20.2. The van der Waals surface area contributed by atoms with E-state index in [-0.39, 0.29) is 31.0 Å². The van der Waals surface area contributed by atoms with Gasteiger partial charge in [-0.2, -0.15) is 0 Å². The van der Waals surface area contributed by atoms with E-state index in [0.717, 1.165) is 0 Å². The normalized spacial score (nSPS) is 11.8. The molecule has 146 valence electrons. The summed E-state index contributed by atoms with van der Waals surface area (Å²) in [4.78, 5) is 24.7. The van der Waals surface area contributed by atoms with E-state index in [2.05, 4.69) is 10.6 Å². The number of nitrogens with one attached hydrogen (secondary N) is 2. The van der Waals surface area contributed by atoms with Gasteiger partial charge in [-0.1, -0.05) is 18.2 Å². The molecule has 4 rings (SSSR count). The molecular formula is C22H17FN2O4. The Balaban J connectivity index is 1.37.